The summed E-state index contributed by atoms with van der Waals surface area (Å²) in [6.45, 7) is 0.811. The summed E-state index contributed by atoms with van der Waals surface area (Å²) in [6, 6.07) is 15.0. The lowest BCUT2D eigenvalue weighted by Crippen LogP contribution is -2.14. The maximum absolute atomic E-state index is 13.6. The zero-order valence-electron chi connectivity index (χ0n) is 14.2. The highest BCUT2D eigenvalue weighted by atomic mass is 19.1. The minimum absolute atomic E-state index is 0.120. The van der Waals surface area contributed by atoms with Crippen LogP contribution in [0.2, 0.25) is 0 Å². The van der Waals surface area contributed by atoms with Crippen LogP contribution in [0.15, 0.2) is 60.8 Å². The predicted octanol–water partition coefficient (Wildman–Crippen LogP) is 3.81. The van der Waals surface area contributed by atoms with Gasteiger partial charge in [0.2, 0.25) is 6.79 Å². The van der Waals surface area contributed by atoms with Gasteiger partial charge in [0, 0.05) is 6.54 Å². The second kappa shape index (κ2) is 7.33. The Balaban J connectivity index is 1.37. The van der Waals surface area contributed by atoms with Crippen LogP contribution in [0.3, 0.4) is 0 Å². The summed E-state index contributed by atoms with van der Waals surface area (Å²) in [4.78, 5) is 16.3. The minimum atomic E-state index is -0.493. The van der Waals surface area contributed by atoms with E-state index in [2.05, 4.69) is 15.6 Å². The monoisotopic (exact) mass is 365 g/mol. The number of nitrogens with one attached hydrogen (secondary N) is 2. The van der Waals surface area contributed by atoms with E-state index in [1.807, 2.05) is 18.2 Å². The number of fused-ring (bicyclic) bond motifs is 1. The summed E-state index contributed by atoms with van der Waals surface area (Å²) in [7, 11) is 0. The lowest BCUT2D eigenvalue weighted by molar-refractivity contribution is 0.102. The number of benzene rings is 2. The van der Waals surface area contributed by atoms with E-state index in [0.717, 1.165) is 22.7 Å². The number of hydrogen-bond donors (Lipinski definition) is 2. The lowest BCUT2D eigenvalue weighted by Gasteiger charge is -2.09. The largest absolute Gasteiger partial charge is 0.454 e. The third-order valence-corrected chi connectivity index (χ3v) is 4.05. The van der Waals surface area contributed by atoms with Gasteiger partial charge < -0.3 is 20.1 Å². The van der Waals surface area contributed by atoms with E-state index in [1.54, 1.807) is 30.5 Å². The average Bonchev–Trinajstić information content (AvgIpc) is 3.16. The van der Waals surface area contributed by atoms with E-state index in [0.29, 0.717) is 6.54 Å². The maximum Gasteiger partial charge on any atom is 0.274 e. The van der Waals surface area contributed by atoms with E-state index in [-0.39, 0.29) is 18.2 Å². The number of rotatable bonds is 5. The number of para-hydroxylation sites is 1. The minimum Gasteiger partial charge on any atom is -0.454 e. The average molecular weight is 365 g/mol. The molecule has 2 heterocycles. The molecule has 0 fully saturated rings. The van der Waals surface area contributed by atoms with E-state index < -0.39 is 11.7 Å². The zero-order chi connectivity index (χ0) is 18.6. The fourth-order valence-corrected chi connectivity index (χ4v) is 2.64. The number of aromatic nitrogens is 1. The standard InChI is InChI=1S/C20H16FN3O3/c21-15-3-1-2-4-16(15)24-20(25)17-7-6-14(11-23-17)22-10-13-5-8-18-19(9-13)27-12-26-18/h1-9,11,22H,10,12H2,(H,24,25). The normalized spacial score (nSPS) is 11.9. The first-order valence-electron chi connectivity index (χ1n) is 8.33. The number of anilines is 2. The summed E-state index contributed by atoms with van der Waals surface area (Å²) in [5, 5.41) is 5.73. The molecule has 1 amide bonds. The van der Waals surface area contributed by atoms with Gasteiger partial charge in [-0.3, -0.25) is 4.79 Å². The van der Waals surface area contributed by atoms with Crippen molar-refractivity contribution >= 4 is 17.3 Å². The molecule has 0 spiro atoms. The Labute approximate surface area is 155 Å². The number of pyridine rings is 1. The third kappa shape index (κ3) is 3.82. The highest BCUT2D eigenvalue weighted by Gasteiger charge is 2.13. The zero-order valence-corrected chi connectivity index (χ0v) is 14.2. The quantitative estimate of drug-likeness (QED) is 0.719. The molecule has 2 aromatic carbocycles. The summed E-state index contributed by atoms with van der Waals surface area (Å²) in [5.41, 5.74) is 2.11. The van der Waals surface area contributed by atoms with Gasteiger partial charge in [0.25, 0.3) is 5.91 Å². The van der Waals surface area contributed by atoms with Crippen LogP contribution < -0.4 is 20.1 Å². The summed E-state index contributed by atoms with van der Waals surface area (Å²) in [6.07, 6.45) is 1.56. The number of ether oxygens (including phenoxy) is 2. The van der Waals surface area contributed by atoms with Crippen LogP contribution in [0.4, 0.5) is 15.8 Å². The number of amides is 1. The van der Waals surface area contributed by atoms with Crippen molar-refractivity contribution in [3.63, 3.8) is 0 Å². The fraction of sp³-hybridized carbons (Fsp3) is 0.100. The number of carbonyl (C=O) groups is 1. The van der Waals surface area contributed by atoms with E-state index >= 15 is 0 Å². The molecule has 4 rings (SSSR count). The highest BCUT2D eigenvalue weighted by molar-refractivity contribution is 6.03. The van der Waals surface area contributed by atoms with Crippen molar-refractivity contribution < 1.29 is 18.7 Å². The molecular formula is C20H16FN3O3. The Bertz CT molecular complexity index is 976. The van der Waals surface area contributed by atoms with Crippen molar-refractivity contribution in [2.24, 2.45) is 0 Å². The maximum atomic E-state index is 13.6. The molecule has 2 N–H and O–H groups in total. The van der Waals surface area contributed by atoms with Crippen molar-refractivity contribution in [1.29, 1.82) is 0 Å². The second-order valence-electron chi connectivity index (χ2n) is 5.91. The van der Waals surface area contributed by atoms with Gasteiger partial charge in [-0.15, -0.1) is 0 Å². The van der Waals surface area contributed by atoms with Gasteiger partial charge in [-0.2, -0.15) is 0 Å². The molecule has 6 nitrogen and oxygen atoms in total. The van der Waals surface area contributed by atoms with Crippen LogP contribution in [0, 0.1) is 5.82 Å². The molecule has 1 aliphatic rings. The van der Waals surface area contributed by atoms with Crippen molar-refractivity contribution in [2.75, 3.05) is 17.4 Å². The van der Waals surface area contributed by atoms with Crippen molar-refractivity contribution in [2.45, 2.75) is 6.54 Å². The Kier molecular flexibility index (Phi) is 4.57. The third-order valence-electron chi connectivity index (χ3n) is 4.05. The molecule has 0 atom stereocenters. The molecule has 1 aromatic heterocycles. The number of nitrogens with zero attached hydrogens (tertiary/aromatic N) is 1. The van der Waals surface area contributed by atoms with Crippen LogP contribution >= 0.6 is 0 Å². The Hall–Kier alpha value is -3.61. The second-order valence-corrected chi connectivity index (χ2v) is 5.91. The molecule has 0 saturated carbocycles. The molecule has 7 heteroatoms. The van der Waals surface area contributed by atoms with Crippen LogP contribution in [-0.2, 0) is 6.54 Å². The molecule has 0 unspecified atom stereocenters. The van der Waals surface area contributed by atoms with Crippen molar-refractivity contribution in [1.82, 2.24) is 4.98 Å². The predicted molar refractivity (Wildman–Crippen MR) is 98.5 cm³/mol. The first kappa shape index (κ1) is 16.8. The molecule has 1 aliphatic heterocycles. The van der Waals surface area contributed by atoms with Gasteiger partial charge in [-0.1, -0.05) is 18.2 Å². The van der Waals surface area contributed by atoms with Gasteiger partial charge >= 0.3 is 0 Å². The molecule has 0 saturated heterocycles. The molecule has 3 aromatic rings. The topological polar surface area (TPSA) is 72.5 Å². The number of carbonyl (C=O) groups excluding carboxylic acids is 1. The Morgan fingerprint density at radius 2 is 1.93 bits per heavy atom. The van der Waals surface area contributed by atoms with Gasteiger partial charge in [-0.05, 0) is 42.0 Å². The highest BCUT2D eigenvalue weighted by Crippen LogP contribution is 2.32. The van der Waals surface area contributed by atoms with Crippen LogP contribution in [0.25, 0.3) is 0 Å². The number of halogens is 1. The van der Waals surface area contributed by atoms with Gasteiger partial charge in [0.15, 0.2) is 11.5 Å². The summed E-state index contributed by atoms with van der Waals surface area (Å²) >= 11 is 0. The van der Waals surface area contributed by atoms with Crippen molar-refractivity contribution in [3.05, 3.63) is 77.9 Å². The molecular weight excluding hydrogens is 349 g/mol. The number of hydrogen-bond acceptors (Lipinski definition) is 5. The SMILES string of the molecule is O=C(Nc1ccccc1F)c1ccc(NCc2ccc3c(c2)OCO3)cn1. The summed E-state index contributed by atoms with van der Waals surface area (Å²) in [5.74, 6) is 0.508. The Morgan fingerprint density at radius 1 is 1.07 bits per heavy atom. The van der Waals surface area contributed by atoms with Crippen LogP contribution in [0.1, 0.15) is 16.1 Å². The molecule has 0 bridgehead atoms. The Morgan fingerprint density at radius 3 is 2.74 bits per heavy atom. The van der Waals surface area contributed by atoms with Crippen LogP contribution in [0.5, 0.6) is 11.5 Å². The van der Waals surface area contributed by atoms with Crippen molar-refractivity contribution in [3.8, 4) is 11.5 Å². The van der Waals surface area contributed by atoms with E-state index in [4.69, 9.17) is 9.47 Å². The van der Waals surface area contributed by atoms with Gasteiger partial charge in [0.1, 0.15) is 11.5 Å². The molecule has 27 heavy (non-hydrogen) atoms. The van der Waals surface area contributed by atoms with E-state index in [1.165, 1.54) is 12.1 Å². The lowest BCUT2D eigenvalue weighted by atomic mass is 10.2. The molecule has 136 valence electrons. The van der Waals surface area contributed by atoms with Gasteiger partial charge in [0.05, 0.1) is 17.6 Å². The fourth-order valence-electron chi connectivity index (χ4n) is 2.64. The van der Waals surface area contributed by atoms with Crippen LogP contribution in [-0.4, -0.2) is 17.7 Å². The summed E-state index contributed by atoms with van der Waals surface area (Å²) < 4.78 is 24.3. The molecule has 0 aliphatic carbocycles. The molecule has 0 radical (unpaired) electrons. The first-order chi connectivity index (χ1) is 13.2. The van der Waals surface area contributed by atoms with E-state index in [9.17, 15) is 9.18 Å². The smallest absolute Gasteiger partial charge is 0.274 e. The first-order valence-corrected chi connectivity index (χ1v) is 8.33. The van der Waals surface area contributed by atoms with Gasteiger partial charge in [-0.25, -0.2) is 9.37 Å².